The van der Waals surface area contributed by atoms with Gasteiger partial charge in [-0.3, -0.25) is 9.52 Å². The molecule has 0 aliphatic heterocycles. The van der Waals surface area contributed by atoms with Crippen molar-refractivity contribution in [2.75, 3.05) is 14.1 Å². The Balaban J connectivity index is 2.08. The van der Waals surface area contributed by atoms with Crippen LogP contribution >= 0.6 is 40.4 Å². The van der Waals surface area contributed by atoms with E-state index in [1.54, 1.807) is 30.5 Å². The third-order valence-corrected chi connectivity index (χ3v) is 6.75. The van der Waals surface area contributed by atoms with E-state index in [1.807, 2.05) is 0 Å². The van der Waals surface area contributed by atoms with Gasteiger partial charge in [-0.2, -0.15) is 0 Å². The molecule has 3 rings (SSSR count). The van der Waals surface area contributed by atoms with Gasteiger partial charge >= 0.3 is 11.6 Å². The predicted octanol–water partition coefficient (Wildman–Crippen LogP) is 4.21. The molecule has 1 amide bonds. The molecule has 26 heavy (non-hydrogen) atoms. The number of carbonyl (C=O) groups is 1. The van der Waals surface area contributed by atoms with E-state index < -0.39 is 5.91 Å². The second-order valence-electron chi connectivity index (χ2n) is 6.51. The van der Waals surface area contributed by atoms with Crippen molar-refractivity contribution in [3.8, 4) is 0 Å². The van der Waals surface area contributed by atoms with Gasteiger partial charge in [-0.25, -0.2) is 4.31 Å². The summed E-state index contributed by atoms with van der Waals surface area (Å²) in [6.07, 6.45) is 5.60. The number of nitrogens with zero attached hydrogens (tertiary/aromatic N) is 3. The fraction of sp³-hybridized carbons (Fsp3) is 0.500. The Morgan fingerprint density at radius 3 is 2.69 bits per heavy atom. The molecule has 1 fully saturated rings. The number of amides is 1. The third kappa shape index (κ3) is 3.69. The Morgan fingerprint density at radius 1 is 1.38 bits per heavy atom. The van der Waals surface area contributed by atoms with Crippen LogP contribution in [0, 0.1) is 0 Å². The first-order valence-electron chi connectivity index (χ1n) is 8.37. The van der Waals surface area contributed by atoms with Crippen LogP contribution in [-0.4, -0.2) is 33.5 Å². The quantitative estimate of drug-likeness (QED) is 0.395. The minimum Gasteiger partial charge on any atom is -0.349 e. The molecule has 2 heterocycles. The van der Waals surface area contributed by atoms with Crippen LogP contribution in [0.4, 0.5) is 3.89 Å². The zero-order chi connectivity index (χ0) is 18.8. The molecule has 6 nitrogen and oxygen atoms in total. The molecule has 0 aromatic carbocycles. The lowest BCUT2D eigenvalue weighted by atomic mass is 9.84. The Kier molecular flexibility index (Phi) is 6.37. The Morgan fingerprint density at radius 2 is 2.08 bits per heavy atom. The van der Waals surface area contributed by atoms with Crippen LogP contribution in [0.25, 0.3) is 11.0 Å². The van der Waals surface area contributed by atoms with Crippen molar-refractivity contribution < 1.29 is 18.6 Å². The lowest BCUT2D eigenvalue weighted by molar-refractivity contribution is -0.887. The summed E-state index contributed by atoms with van der Waals surface area (Å²) in [4.78, 5) is 12.3. The number of fused-ring (bicyclic) bond motifs is 1. The number of nitrogens with one attached hydrogen (secondary N) is 1. The summed E-state index contributed by atoms with van der Waals surface area (Å²) < 4.78 is 20.7. The normalized spacial score (nSPS) is 15.7. The van der Waals surface area contributed by atoms with Crippen molar-refractivity contribution in [1.29, 1.82) is 0 Å². The largest absolute Gasteiger partial charge is 0.349 e. The van der Waals surface area contributed by atoms with Crippen molar-refractivity contribution in [1.82, 2.24) is 13.0 Å². The highest BCUT2D eigenvalue weighted by atomic mass is 79.9. The van der Waals surface area contributed by atoms with E-state index in [2.05, 4.69) is 20.7 Å². The molecule has 0 spiro atoms. The maximum Gasteiger partial charge on any atom is 0.343 e. The number of pyridine rings is 1. The minimum atomic E-state index is -0.458. The Labute approximate surface area is 168 Å². The maximum atomic E-state index is 13.7. The van der Waals surface area contributed by atoms with Crippen molar-refractivity contribution in [3.63, 3.8) is 0 Å². The predicted molar refractivity (Wildman–Crippen MR) is 106 cm³/mol. The van der Waals surface area contributed by atoms with Gasteiger partial charge in [0.2, 0.25) is 5.69 Å². The van der Waals surface area contributed by atoms with E-state index in [1.165, 1.54) is 10.4 Å². The molecule has 0 radical (unpaired) electrons. The highest BCUT2D eigenvalue weighted by Gasteiger charge is 2.34. The molecule has 10 heteroatoms. The first-order chi connectivity index (χ1) is 12.5. The van der Waals surface area contributed by atoms with Crippen LogP contribution in [0.2, 0.25) is 0 Å². The van der Waals surface area contributed by atoms with Crippen LogP contribution in [0.3, 0.4) is 0 Å². The van der Waals surface area contributed by atoms with Crippen LogP contribution in [0.5, 0.6) is 0 Å². The van der Waals surface area contributed by atoms with Crippen LogP contribution in [0.15, 0.2) is 16.7 Å². The van der Waals surface area contributed by atoms with Crippen molar-refractivity contribution >= 4 is 57.3 Å². The molecular formula is C16H21BrFN4O2S2+. The summed E-state index contributed by atoms with van der Waals surface area (Å²) in [5.74, 6) is -0.141. The van der Waals surface area contributed by atoms with Gasteiger partial charge in [-0.05, 0) is 65.6 Å². The number of carbonyl (C=O) groups excluding carboxylic acids is 1. The van der Waals surface area contributed by atoms with Crippen LogP contribution in [0.1, 0.15) is 54.1 Å². The van der Waals surface area contributed by atoms with Gasteiger partial charge in [-0.15, -0.1) is 7.86 Å². The van der Waals surface area contributed by atoms with Crippen molar-refractivity contribution in [3.05, 3.63) is 28.0 Å². The minimum absolute atomic E-state index is 0.00639. The van der Waals surface area contributed by atoms with E-state index in [4.69, 9.17) is 0 Å². The monoisotopic (exact) mass is 463 g/mol. The summed E-state index contributed by atoms with van der Waals surface area (Å²) in [6.45, 7) is 0. The van der Waals surface area contributed by atoms with Gasteiger partial charge in [0.25, 0.3) is 12.3 Å². The second-order valence-corrected chi connectivity index (χ2v) is 8.88. The summed E-state index contributed by atoms with van der Waals surface area (Å²) >= 11 is 4.61. The first kappa shape index (κ1) is 19.8. The molecule has 0 unspecified atom stereocenters. The summed E-state index contributed by atoms with van der Waals surface area (Å²) in [7, 11) is 3.58. The van der Waals surface area contributed by atoms with E-state index in [0.717, 1.165) is 53.5 Å². The highest BCUT2D eigenvalue weighted by Crippen LogP contribution is 2.43. The first-order valence-corrected chi connectivity index (χ1v) is 10.6. The molecule has 1 saturated carbocycles. The molecular weight excluding hydrogens is 443 g/mol. The highest BCUT2D eigenvalue weighted by molar-refractivity contribution is 9.10. The molecule has 2 aromatic rings. The maximum absolute atomic E-state index is 13.7. The fourth-order valence-corrected chi connectivity index (χ4v) is 5.09. The second kappa shape index (κ2) is 8.37. The Bertz CT molecular complexity index is 824. The van der Waals surface area contributed by atoms with E-state index in [9.17, 15) is 13.9 Å². The molecule has 1 aliphatic rings. The molecule has 142 valence electrons. The average Bonchev–Trinajstić information content (AvgIpc) is 2.92. The van der Waals surface area contributed by atoms with Gasteiger partial charge < -0.3 is 5.21 Å². The van der Waals surface area contributed by atoms with Gasteiger partial charge in [0.1, 0.15) is 0 Å². The Hall–Kier alpha value is -0.970. The van der Waals surface area contributed by atoms with Crippen molar-refractivity contribution in [2.24, 2.45) is 0 Å². The number of hydrogen-bond donors (Lipinski definition) is 2. The van der Waals surface area contributed by atoms with Gasteiger partial charge in [0.15, 0.2) is 4.60 Å². The lowest BCUT2D eigenvalue weighted by Crippen LogP contribution is -2.42. The lowest BCUT2D eigenvalue weighted by Gasteiger charge is -2.20. The van der Waals surface area contributed by atoms with Crippen molar-refractivity contribution in [2.45, 2.75) is 38.0 Å². The molecule has 1 aliphatic carbocycles. The van der Waals surface area contributed by atoms with Gasteiger partial charge in [0, 0.05) is 17.7 Å². The average molecular weight is 464 g/mol. The molecule has 2 aromatic heterocycles. The summed E-state index contributed by atoms with van der Waals surface area (Å²) in [5, 5.41) is 11.4. The topological polar surface area (TPSA) is 61.4 Å². The number of hydrogen-bond acceptors (Lipinski definition) is 5. The zero-order valence-electron chi connectivity index (χ0n) is 14.5. The molecule has 0 bridgehead atoms. The van der Waals surface area contributed by atoms with E-state index in [-0.39, 0.29) is 23.7 Å². The van der Waals surface area contributed by atoms with E-state index in [0.29, 0.717) is 10.5 Å². The van der Waals surface area contributed by atoms with Gasteiger partial charge in [-0.1, -0.05) is 19.3 Å². The summed E-state index contributed by atoms with van der Waals surface area (Å²) in [5.41, 5.74) is 1.30. The number of rotatable bonds is 5. The molecule has 2 N–H and O–H groups in total. The third-order valence-electron chi connectivity index (χ3n) is 4.60. The fourth-order valence-electron chi connectivity index (χ4n) is 3.45. The van der Waals surface area contributed by atoms with Gasteiger partial charge in [0.05, 0.1) is 5.39 Å². The zero-order valence-corrected chi connectivity index (χ0v) is 17.8. The number of halogens is 2. The molecule has 0 atom stereocenters. The van der Waals surface area contributed by atoms with Crippen LogP contribution in [-0.2, 0) is 0 Å². The number of aromatic nitrogens is 2. The SMILES string of the molecule is CN(C)SNC(=O)c1ccc2c(C3CCCCC3)c(Br)n(SF)c2[n+]1O. The van der Waals surface area contributed by atoms with Crippen LogP contribution < -0.4 is 9.45 Å². The summed E-state index contributed by atoms with van der Waals surface area (Å²) in [6, 6.07) is 3.36. The van der Waals surface area contributed by atoms with E-state index >= 15 is 0 Å². The standard InChI is InChI=1S/C16H20BrFN4O2S2/c1-20(2)26-19-15(23)12-9-8-11-13(10-6-4-3-5-7-10)14(17)22(25-18)16(11)21(12)24/h8-10H,3-7H2,1-2H3,(H-,19,23,24)/p+1. The smallest absolute Gasteiger partial charge is 0.343 e. The molecule has 0 saturated heterocycles.